The van der Waals surface area contributed by atoms with Gasteiger partial charge in [0.25, 0.3) is 0 Å². The van der Waals surface area contributed by atoms with Gasteiger partial charge < -0.3 is 4.74 Å². The Kier molecular flexibility index (Phi) is 5.98. The van der Waals surface area contributed by atoms with Crippen LogP contribution in [0.15, 0.2) is 53.4 Å². The van der Waals surface area contributed by atoms with Crippen LogP contribution in [0.25, 0.3) is 0 Å². The zero-order valence-corrected chi connectivity index (χ0v) is 18.4. The lowest BCUT2D eigenvalue weighted by Gasteiger charge is -2.21. The van der Waals surface area contributed by atoms with E-state index < -0.39 is 22.0 Å². The van der Waals surface area contributed by atoms with Crippen molar-refractivity contribution in [3.63, 3.8) is 0 Å². The van der Waals surface area contributed by atoms with Crippen LogP contribution in [0, 0.1) is 0 Å². The van der Waals surface area contributed by atoms with Crippen LogP contribution in [0.5, 0.6) is 5.75 Å². The molecule has 4 rings (SSSR count). The summed E-state index contributed by atoms with van der Waals surface area (Å²) in [5.74, 6) is -0.647. The molecule has 0 aromatic heterocycles. The zero-order valence-electron chi connectivity index (χ0n) is 17.6. The predicted octanol–water partition coefficient (Wildman–Crippen LogP) is 2.13. The number of sulfonamides is 1. The molecule has 0 bridgehead atoms. The molecular weight excluding hydrogens is 434 g/mol. The van der Waals surface area contributed by atoms with E-state index in [-0.39, 0.29) is 35.3 Å². The highest BCUT2D eigenvalue weighted by Gasteiger charge is 2.36. The number of hydrogen-bond donors (Lipinski definition) is 0. The Balaban J connectivity index is 1.67. The predicted molar refractivity (Wildman–Crippen MR) is 116 cm³/mol. The minimum absolute atomic E-state index is 0.0108. The Bertz CT molecular complexity index is 1160. The molecule has 0 radical (unpaired) electrons. The van der Waals surface area contributed by atoms with E-state index in [1.165, 1.54) is 34.5 Å². The summed E-state index contributed by atoms with van der Waals surface area (Å²) in [7, 11) is -2.37. The summed E-state index contributed by atoms with van der Waals surface area (Å²) in [4.78, 5) is 39.2. The summed E-state index contributed by atoms with van der Waals surface area (Å²) in [5.41, 5.74) is 0.677. The maximum Gasteiger partial charge on any atom is 0.331 e. The minimum atomic E-state index is -3.74. The second-order valence-electron chi connectivity index (χ2n) is 7.64. The van der Waals surface area contributed by atoms with E-state index >= 15 is 0 Å². The highest BCUT2D eigenvalue weighted by atomic mass is 32.2. The summed E-state index contributed by atoms with van der Waals surface area (Å²) in [6, 6.07) is 12.1. The van der Waals surface area contributed by atoms with Gasteiger partial charge in [-0.3, -0.25) is 19.4 Å². The average Bonchev–Trinajstić information content (AvgIpc) is 3.43. The number of urea groups is 1. The minimum Gasteiger partial charge on any atom is -0.483 e. The Labute approximate surface area is 186 Å². The number of Topliss-reactive ketones (excluding diaryl/α,β-unsaturated/α-hetero) is 1. The summed E-state index contributed by atoms with van der Waals surface area (Å²) < 4.78 is 33.1. The van der Waals surface area contributed by atoms with Crippen molar-refractivity contribution in [1.29, 1.82) is 0 Å². The lowest BCUT2D eigenvalue weighted by atomic mass is 10.1. The number of ketones is 1. The molecule has 168 valence electrons. The zero-order chi connectivity index (χ0) is 22.9. The normalized spacial score (nSPS) is 17.3. The van der Waals surface area contributed by atoms with Crippen LogP contribution in [0.1, 0.15) is 23.2 Å². The number of benzene rings is 2. The van der Waals surface area contributed by atoms with Crippen molar-refractivity contribution in [3.05, 3.63) is 54.1 Å². The number of nitrogens with zero attached hydrogens (tertiary/aromatic N) is 3. The number of likely N-dealkylation sites (N-methyl/N-ethyl adjacent to an activating group) is 1. The standard InChI is InChI=1S/C22H23N3O6S/c1-23-21(27)14-25(22(23)28)18-10-9-17(32(29,30)24-11-5-6-12-24)13-20(18)31-15-19(26)16-7-3-2-4-8-16/h2-4,7-10,13H,5-6,11-12,14-15H2,1H3. The molecule has 10 heteroatoms. The molecule has 0 unspecified atom stereocenters. The number of imide groups is 1. The molecule has 0 aliphatic carbocycles. The van der Waals surface area contributed by atoms with Gasteiger partial charge in [0.2, 0.25) is 15.9 Å². The van der Waals surface area contributed by atoms with Crippen LogP contribution in [0.4, 0.5) is 10.5 Å². The van der Waals surface area contributed by atoms with Crippen LogP contribution >= 0.6 is 0 Å². The quantitative estimate of drug-likeness (QED) is 0.466. The first-order chi connectivity index (χ1) is 15.3. The molecule has 2 aromatic carbocycles. The summed E-state index contributed by atoms with van der Waals surface area (Å²) in [6.07, 6.45) is 1.59. The van der Waals surface area contributed by atoms with Gasteiger partial charge in [0, 0.05) is 31.8 Å². The van der Waals surface area contributed by atoms with Crippen molar-refractivity contribution < 1.29 is 27.5 Å². The Morgan fingerprint density at radius 3 is 2.34 bits per heavy atom. The molecule has 9 nitrogen and oxygen atoms in total. The molecule has 0 N–H and O–H groups in total. The number of hydrogen-bond acceptors (Lipinski definition) is 6. The SMILES string of the molecule is CN1C(=O)CN(c2ccc(S(=O)(=O)N3CCCC3)cc2OCC(=O)c2ccccc2)C1=O. The Morgan fingerprint density at radius 1 is 1.03 bits per heavy atom. The van der Waals surface area contributed by atoms with E-state index in [1.54, 1.807) is 30.3 Å². The summed E-state index contributed by atoms with van der Waals surface area (Å²) in [6.45, 7) is 0.333. The molecule has 2 aliphatic rings. The maximum atomic E-state index is 13.0. The van der Waals surface area contributed by atoms with E-state index in [0.717, 1.165) is 17.7 Å². The number of ether oxygens (including phenoxy) is 1. The van der Waals surface area contributed by atoms with E-state index in [9.17, 15) is 22.8 Å². The van der Waals surface area contributed by atoms with E-state index in [2.05, 4.69) is 0 Å². The highest BCUT2D eigenvalue weighted by molar-refractivity contribution is 7.89. The van der Waals surface area contributed by atoms with E-state index in [0.29, 0.717) is 18.7 Å². The largest absolute Gasteiger partial charge is 0.483 e. The van der Waals surface area contributed by atoms with Gasteiger partial charge in [0.15, 0.2) is 12.4 Å². The molecule has 2 aromatic rings. The average molecular weight is 458 g/mol. The maximum absolute atomic E-state index is 13.0. The molecule has 32 heavy (non-hydrogen) atoms. The third kappa shape index (κ3) is 4.11. The van der Waals surface area contributed by atoms with Gasteiger partial charge in [-0.25, -0.2) is 13.2 Å². The van der Waals surface area contributed by atoms with Gasteiger partial charge in [0.05, 0.1) is 10.6 Å². The molecule has 2 fully saturated rings. The summed E-state index contributed by atoms with van der Waals surface area (Å²) in [5, 5.41) is 0. The molecular formula is C22H23N3O6S. The van der Waals surface area contributed by atoms with Gasteiger partial charge >= 0.3 is 6.03 Å². The van der Waals surface area contributed by atoms with Gasteiger partial charge in [-0.1, -0.05) is 30.3 Å². The smallest absolute Gasteiger partial charge is 0.331 e. The van der Waals surface area contributed by atoms with Crippen LogP contribution in [0.3, 0.4) is 0 Å². The molecule has 2 aliphatic heterocycles. The molecule has 0 atom stereocenters. The fourth-order valence-corrected chi connectivity index (χ4v) is 5.24. The fraction of sp³-hybridized carbons (Fsp3) is 0.318. The first-order valence-electron chi connectivity index (χ1n) is 10.2. The lowest BCUT2D eigenvalue weighted by molar-refractivity contribution is -0.123. The molecule has 2 saturated heterocycles. The number of anilines is 1. The van der Waals surface area contributed by atoms with Crippen LogP contribution in [-0.2, 0) is 14.8 Å². The van der Waals surface area contributed by atoms with Crippen LogP contribution in [0.2, 0.25) is 0 Å². The Hall–Kier alpha value is -3.24. The van der Waals surface area contributed by atoms with Crippen molar-refractivity contribution >= 4 is 33.4 Å². The van der Waals surface area contributed by atoms with Gasteiger partial charge in [-0.05, 0) is 25.0 Å². The Morgan fingerprint density at radius 2 is 1.72 bits per heavy atom. The number of rotatable bonds is 7. The second-order valence-corrected chi connectivity index (χ2v) is 9.58. The van der Waals surface area contributed by atoms with Crippen molar-refractivity contribution in [2.75, 3.05) is 38.2 Å². The molecule has 0 spiro atoms. The third-order valence-corrected chi connectivity index (χ3v) is 7.46. The third-order valence-electron chi connectivity index (χ3n) is 5.56. The van der Waals surface area contributed by atoms with E-state index in [1.807, 2.05) is 0 Å². The molecule has 0 saturated carbocycles. The van der Waals surface area contributed by atoms with Gasteiger partial charge in [-0.2, -0.15) is 4.31 Å². The topological polar surface area (TPSA) is 104 Å². The highest BCUT2D eigenvalue weighted by Crippen LogP contribution is 2.35. The van der Waals surface area contributed by atoms with Gasteiger partial charge in [0.1, 0.15) is 12.3 Å². The first-order valence-corrected chi connectivity index (χ1v) is 11.7. The number of amides is 3. The van der Waals surface area contributed by atoms with Crippen molar-refractivity contribution in [2.24, 2.45) is 0 Å². The number of carbonyl (C=O) groups is 3. The lowest BCUT2D eigenvalue weighted by Crippen LogP contribution is -2.30. The molecule has 3 amide bonds. The number of carbonyl (C=O) groups excluding carboxylic acids is 3. The molecule has 2 heterocycles. The van der Waals surface area contributed by atoms with Crippen molar-refractivity contribution in [1.82, 2.24) is 9.21 Å². The first kappa shape index (κ1) is 22.0. The van der Waals surface area contributed by atoms with Crippen LogP contribution in [-0.4, -0.2) is 68.6 Å². The summed E-state index contributed by atoms with van der Waals surface area (Å²) >= 11 is 0. The second kappa shape index (κ2) is 8.71. The monoisotopic (exact) mass is 457 g/mol. The van der Waals surface area contributed by atoms with Crippen molar-refractivity contribution in [2.45, 2.75) is 17.7 Å². The van der Waals surface area contributed by atoms with Crippen molar-refractivity contribution in [3.8, 4) is 5.75 Å². The van der Waals surface area contributed by atoms with Crippen LogP contribution < -0.4 is 9.64 Å². The fourth-order valence-electron chi connectivity index (χ4n) is 3.71. The van der Waals surface area contributed by atoms with Gasteiger partial charge in [-0.15, -0.1) is 0 Å². The van der Waals surface area contributed by atoms with E-state index in [4.69, 9.17) is 4.74 Å².